The maximum atomic E-state index is 5.60. The Morgan fingerprint density at radius 3 is 3.11 bits per heavy atom. The fraction of sp³-hybridized carbons (Fsp3) is 0.818. The number of H-pyrrole nitrogens is 1. The summed E-state index contributed by atoms with van der Waals surface area (Å²) in [7, 11) is 0. The number of rotatable bonds is 2. The van der Waals surface area contributed by atoms with Crippen molar-refractivity contribution in [2.45, 2.75) is 19.1 Å². The molecule has 1 aromatic rings. The molecule has 7 nitrogen and oxygen atoms in total. The smallest absolute Gasteiger partial charge is 0.244 e. The van der Waals surface area contributed by atoms with Crippen LogP contribution in [0.25, 0.3) is 0 Å². The first-order chi connectivity index (χ1) is 8.83. The molecule has 0 aliphatic carbocycles. The van der Waals surface area contributed by atoms with Crippen molar-refractivity contribution < 1.29 is 9.47 Å². The molecule has 2 saturated heterocycles. The zero-order chi connectivity index (χ0) is 12.4. The van der Waals surface area contributed by atoms with Gasteiger partial charge in [0, 0.05) is 25.7 Å². The van der Waals surface area contributed by atoms with Gasteiger partial charge in [0.2, 0.25) is 5.95 Å². The van der Waals surface area contributed by atoms with Crippen LogP contribution in [0.15, 0.2) is 0 Å². The molecule has 100 valence electrons. The van der Waals surface area contributed by atoms with Gasteiger partial charge >= 0.3 is 0 Å². The van der Waals surface area contributed by atoms with E-state index in [1.165, 1.54) is 0 Å². The zero-order valence-corrected chi connectivity index (χ0v) is 10.6. The molecule has 1 aromatic heterocycles. The van der Waals surface area contributed by atoms with Crippen LogP contribution in [0.3, 0.4) is 0 Å². The van der Waals surface area contributed by atoms with E-state index in [1.807, 2.05) is 0 Å². The maximum absolute atomic E-state index is 5.60. The quantitative estimate of drug-likeness (QED) is 0.753. The Kier molecular flexibility index (Phi) is 3.44. The molecule has 0 spiro atoms. The summed E-state index contributed by atoms with van der Waals surface area (Å²) in [5.74, 6) is 1.52. The Balaban J connectivity index is 1.68. The van der Waals surface area contributed by atoms with Gasteiger partial charge in [-0.1, -0.05) is 0 Å². The molecule has 3 heterocycles. The Labute approximate surface area is 106 Å². The van der Waals surface area contributed by atoms with Gasteiger partial charge in [0.1, 0.15) is 6.10 Å². The lowest BCUT2D eigenvalue weighted by Crippen LogP contribution is -2.49. The summed E-state index contributed by atoms with van der Waals surface area (Å²) >= 11 is 0. The van der Waals surface area contributed by atoms with Crippen LogP contribution in [-0.4, -0.2) is 60.7 Å². The minimum Gasteiger partial charge on any atom is -0.376 e. The molecule has 0 saturated carbocycles. The second-order valence-electron chi connectivity index (χ2n) is 4.76. The van der Waals surface area contributed by atoms with Crippen molar-refractivity contribution in [3.63, 3.8) is 0 Å². The lowest BCUT2D eigenvalue weighted by atomic mass is 10.2. The van der Waals surface area contributed by atoms with E-state index in [0.29, 0.717) is 25.9 Å². The molecule has 3 rings (SSSR count). The lowest BCUT2D eigenvalue weighted by Gasteiger charge is -2.30. The van der Waals surface area contributed by atoms with Crippen molar-refractivity contribution in [1.29, 1.82) is 0 Å². The molecule has 18 heavy (non-hydrogen) atoms. The van der Waals surface area contributed by atoms with Crippen molar-refractivity contribution in [2.75, 3.05) is 44.4 Å². The van der Waals surface area contributed by atoms with E-state index >= 15 is 0 Å². The molecule has 2 atom stereocenters. The van der Waals surface area contributed by atoms with Gasteiger partial charge in [-0.3, -0.25) is 5.10 Å². The van der Waals surface area contributed by atoms with Crippen molar-refractivity contribution in [1.82, 2.24) is 20.5 Å². The van der Waals surface area contributed by atoms with Crippen molar-refractivity contribution in [2.24, 2.45) is 0 Å². The maximum Gasteiger partial charge on any atom is 0.244 e. The third kappa shape index (κ3) is 2.47. The molecule has 1 unspecified atom stereocenters. The highest BCUT2D eigenvalue weighted by atomic mass is 16.6. The Morgan fingerprint density at radius 1 is 1.39 bits per heavy atom. The number of nitrogens with one attached hydrogen (secondary N) is 2. The predicted molar refractivity (Wildman–Crippen MR) is 65.6 cm³/mol. The van der Waals surface area contributed by atoms with Crippen LogP contribution in [0, 0.1) is 0 Å². The molecule has 2 N–H and O–H groups in total. The van der Waals surface area contributed by atoms with Crippen LogP contribution < -0.4 is 10.2 Å². The minimum atomic E-state index is -0.111. The van der Waals surface area contributed by atoms with Gasteiger partial charge < -0.3 is 19.7 Å². The standard InChI is InChI=1S/C11H19N5O2/c1-8-6-16(3-2-12-8)11-13-10(14-15-11)9-7-17-4-5-18-9/h8-9,12H,2-7H2,1H3,(H,13,14,15)/t8-,9?/m0/s1. The summed E-state index contributed by atoms with van der Waals surface area (Å²) in [6.45, 7) is 6.82. The second-order valence-corrected chi connectivity index (χ2v) is 4.76. The van der Waals surface area contributed by atoms with E-state index in [2.05, 4.69) is 32.3 Å². The SMILES string of the molecule is C[C@H]1CN(c2n[nH]c(C3COCCO3)n2)CCN1. The number of aromatic amines is 1. The molecule has 2 aliphatic rings. The highest BCUT2D eigenvalue weighted by Gasteiger charge is 2.24. The topological polar surface area (TPSA) is 75.3 Å². The minimum absolute atomic E-state index is 0.111. The van der Waals surface area contributed by atoms with Crippen LogP contribution in [0.5, 0.6) is 0 Å². The van der Waals surface area contributed by atoms with Crippen LogP contribution >= 0.6 is 0 Å². The number of nitrogens with zero attached hydrogens (tertiary/aromatic N) is 3. The first kappa shape index (κ1) is 11.9. The van der Waals surface area contributed by atoms with Crippen molar-refractivity contribution >= 4 is 5.95 Å². The Hall–Kier alpha value is -1.18. The Bertz CT molecular complexity index is 391. The van der Waals surface area contributed by atoms with E-state index in [4.69, 9.17) is 9.47 Å². The van der Waals surface area contributed by atoms with Crippen LogP contribution in [-0.2, 0) is 9.47 Å². The summed E-state index contributed by atoms with van der Waals surface area (Å²) in [6, 6.07) is 0.468. The molecule has 0 aromatic carbocycles. The van der Waals surface area contributed by atoms with E-state index < -0.39 is 0 Å². The van der Waals surface area contributed by atoms with E-state index in [9.17, 15) is 0 Å². The first-order valence-electron chi connectivity index (χ1n) is 6.43. The van der Waals surface area contributed by atoms with Gasteiger partial charge in [0.05, 0.1) is 19.8 Å². The van der Waals surface area contributed by atoms with Crippen molar-refractivity contribution in [3.8, 4) is 0 Å². The number of aromatic nitrogens is 3. The van der Waals surface area contributed by atoms with Gasteiger partial charge in [0.15, 0.2) is 5.82 Å². The lowest BCUT2D eigenvalue weighted by molar-refractivity contribution is -0.0933. The van der Waals surface area contributed by atoms with Crippen LogP contribution in [0.1, 0.15) is 18.9 Å². The highest BCUT2D eigenvalue weighted by Crippen LogP contribution is 2.19. The first-order valence-corrected chi connectivity index (χ1v) is 6.43. The van der Waals surface area contributed by atoms with Crippen LogP contribution in [0.4, 0.5) is 5.95 Å². The largest absolute Gasteiger partial charge is 0.376 e. The molecule has 2 aliphatic heterocycles. The number of anilines is 1. The fourth-order valence-electron chi connectivity index (χ4n) is 2.31. The number of hydrogen-bond donors (Lipinski definition) is 2. The summed E-state index contributed by atoms with van der Waals surface area (Å²) in [6.07, 6.45) is -0.111. The normalized spacial score (nSPS) is 29.5. The molecule has 0 bridgehead atoms. The molecular weight excluding hydrogens is 234 g/mol. The van der Waals surface area contributed by atoms with Crippen LogP contribution in [0.2, 0.25) is 0 Å². The van der Waals surface area contributed by atoms with Gasteiger partial charge in [-0.05, 0) is 6.92 Å². The van der Waals surface area contributed by atoms with Gasteiger partial charge in [0.25, 0.3) is 0 Å². The van der Waals surface area contributed by atoms with Crippen molar-refractivity contribution in [3.05, 3.63) is 5.82 Å². The van der Waals surface area contributed by atoms with Gasteiger partial charge in [-0.25, -0.2) is 0 Å². The monoisotopic (exact) mass is 253 g/mol. The average molecular weight is 253 g/mol. The molecule has 2 fully saturated rings. The summed E-state index contributed by atoms with van der Waals surface area (Å²) in [5.41, 5.74) is 0. The number of piperazine rings is 1. The van der Waals surface area contributed by atoms with E-state index in [1.54, 1.807) is 0 Å². The molecule has 0 amide bonds. The fourth-order valence-corrected chi connectivity index (χ4v) is 2.31. The van der Waals surface area contributed by atoms with E-state index in [-0.39, 0.29) is 6.10 Å². The highest BCUT2D eigenvalue weighted by molar-refractivity contribution is 5.30. The third-order valence-electron chi connectivity index (χ3n) is 3.26. The average Bonchev–Trinajstić information content (AvgIpc) is 2.89. The van der Waals surface area contributed by atoms with Gasteiger partial charge in [-0.15, -0.1) is 5.10 Å². The predicted octanol–water partition coefficient (Wildman–Crippen LogP) is -0.309. The third-order valence-corrected chi connectivity index (χ3v) is 3.26. The van der Waals surface area contributed by atoms with E-state index in [0.717, 1.165) is 31.4 Å². The molecule has 7 heteroatoms. The number of ether oxygens (including phenoxy) is 2. The Morgan fingerprint density at radius 2 is 2.33 bits per heavy atom. The summed E-state index contributed by atoms with van der Waals surface area (Å²) in [5, 5.41) is 10.6. The zero-order valence-electron chi connectivity index (χ0n) is 10.6. The summed E-state index contributed by atoms with van der Waals surface area (Å²) in [4.78, 5) is 6.70. The summed E-state index contributed by atoms with van der Waals surface area (Å²) < 4.78 is 11.0. The van der Waals surface area contributed by atoms with Gasteiger partial charge in [-0.2, -0.15) is 4.98 Å². The second kappa shape index (κ2) is 5.21. The molecule has 0 radical (unpaired) electrons. The number of hydrogen-bond acceptors (Lipinski definition) is 6. The molecular formula is C11H19N5O2.